The van der Waals surface area contributed by atoms with Crippen molar-refractivity contribution in [1.29, 1.82) is 0 Å². The number of rotatable bonds is 5. The average molecular weight is 522 g/mol. The summed E-state index contributed by atoms with van der Waals surface area (Å²) < 4.78 is 0. The first-order valence-electron chi connectivity index (χ1n) is 11.4. The molecule has 3 heterocycles. The van der Waals surface area contributed by atoms with Crippen LogP contribution in [0.1, 0.15) is 33.3 Å². The van der Waals surface area contributed by atoms with E-state index in [-0.39, 0.29) is 11.6 Å². The molecule has 0 unspecified atom stereocenters. The Kier molecular flexibility index (Phi) is 6.21. The van der Waals surface area contributed by atoms with Crippen LogP contribution in [0.4, 0.5) is 10.8 Å². The van der Waals surface area contributed by atoms with Crippen LogP contribution in [0.5, 0.6) is 0 Å². The summed E-state index contributed by atoms with van der Waals surface area (Å²) in [5, 5.41) is 7.91. The number of amides is 4. The zero-order chi connectivity index (χ0) is 26.3. The first-order valence-corrected chi connectivity index (χ1v) is 12.3. The number of nitrogens with one attached hydrogen (secondary N) is 1. The molecule has 0 spiro atoms. The van der Waals surface area contributed by atoms with Gasteiger partial charge in [0.25, 0.3) is 17.7 Å². The molecule has 0 atom stereocenters. The second-order valence-electron chi connectivity index (χ2n) is 8.45. The Morgan fingerprint density at radius 1 is 1.08 bits per heavy atom. The van der Waals surface area contributed by atoms with Crippen molar-refractivity contribution in [3.05, 3.63) is 52.5 Å². The topological polar surface area (TPSA) is 151 Å². The lowest BCUT2D eigenvalue weighted by Crippen LogP contribution is -2.51. The predicted molar refractivity (Wildman–Crippen MR) is 137 cm³/mol. The van der Waals surface area contributed by atoms with Crippen LogP contribution in [0, 0.1) is 0 Å². The van der Waals surface area contributed by atoms with Crippen LogP contribution in [0.3, 0.4) is 0 Å². The number of oxime groups is 1. The molecule has 2 aliphatic heterocycles. The van der Waals surface area contributed by atoms with Gasteiger partial charge in [-0.25, -0.2) is 4.98 Å². The van der Waals surface area contributed by atoms with Crippen molar-refractivity contribution < 1.29 is 24.0 Å². The molecule has 5 rings (SSSR count). The van der Waals surface area contributed by atoms with E-state index in [2.05, 4.69) is 20.5 Å². The lowest BCUT2D eigenvalue weighted by molar-refractivity contribution is -0.124. The van der Waals surface area contributed by atoms with E-state index < -0.39 is 17.7 Å². The molecule has 2 aliphatic rings. The fraction of sp³-hybridized carbons (Fsp3) is 0.250. The van der Waals surface area contributed by atoms with Crippen molar-refractivity contribution in [2.45, 2.75) is 6.92 Å². The maximum atomic E-state index is 13.2. The molecular formula is C24H23N7O5S. The molecule has 0 radical (unpaired) electrons. The normalized spacial score (nSPS) is 15.8. The van der Waals surface area contributed by atoms with Crippen molar-refractivity contribution in [2.75, 3.05) is 43.9 Å². The number of imide groups is 1. The quantitative estimate of drug-likeness (QED) is 0.289. The lowest BCUT2D eigenvalue weighted by atomic mass is 9.93. The molecule has 3 N–H and O–H groups in total. The highest BCUT2D eigenvalue weighted by Gasteiger charge is 2.35. The van der Waals surface area contributed by atoms with Crippen LogP contribution in [0.2, 0.25) is 0 Å². The van der Waals surface area contributed by atoms with Gasteiger partial charge in [0.2, 0.25) is 5.91 Å². The molecule has 1 aromatic heterocycles. The van der Waals surface area contributed by atoms with Gasteiger partial charge >= 0.3 is 0 Å². The molecule has 1 fully saturated rings. The van der Waals surface area contributed by atoms with Gasteiger partial charge in [0.1, 0.15) is 12.8 Å². The fourth-order valence-corrected chi connectivity index (χ4v) is 5.15. The van der Waals surface area contributed by atoms with E-state index in [1.807, 2.05) is 12.1 Å². The second kappa shape index (κ2) is 9.50. The molecule has 4 amide bonds. The lowest BCUT2D eigenvalue weighted by Gasteiger charge is -2.37. The standard InChI is InChI=1S/C24H23N7O5S/c1-13(32)27-31-21(33)15-5-3-4-14-18(7-6-16(19(14)15)22(31)34)29-8-10-30(11-9-29)23(35)20(28-36-2)17-12-37-24(25)26-17/h3-7,12H,8-11H2,1-2H3,(H2,25,26)(H,27,32)/b28-20-. The molecule has 1 saturated heterocycles. The minimum Gasteiger partial charge on any atom is -0.398 e. The van der Waals surface area contributed by atoms with Crippen LogP contribution >= 0.6 is 11.3 Å². The number of carbonyl (C=O) groups is 4. The number of thiazole rings is 1. The number of nitrogens with two attached hydrogens (primary N) is 1. The molecule has 3 aromatic rings. The van der Waals surface area contributed by atoms with Crippen LogP contribution in [0.25, 0.3) is 10.8 Å². The van der Waals surface area contributed by atoms with Crippen molar-refractivity contribution in [1.82, 2.24) is 20.3 Å². The van der Waals surface area contributed by atoms with Gasteiger partial charge in [0.15, 0.2) is 10.8 Å². The van der Waals surface area contributed by atoms with E-state index in [9.17, 15) is 19.2 Å². The number of nitrogens with zero attached hydrogens (tertiary/aromatic N) is 5. The smallest absolute Gasteiger partial charge is 0.280 e. The monoisotopic (exact) mass is 521 g/mol. The van der Waals surface area contributed by atoms with Gasteiger partial charge in [-0.1, -0.05) is 17.3 Å². The summed E-state index contributed by atoms with van der Waals surface area (Å²) in [6, 6.07) is 8.74. The molecule has 13 heteroatoms. The highest BCUT2D eigenvalue weighted by atomic mass is 32.1. The zero-order valence-corrected chi connectivity index (χ0v) is 20.9. The van der Waals surface area contributed by atoms with E-state index in [1.54, 1.807) is 28.5 Å². The van der Waals surface area contributed by atoms with Gasteiger partial charge < -0.3 is 20.4 Å². The van der Waals surface area contributed by atoms with E-state index in [0.717, 1.165) is 16.1 Å². The Labute approximate surface area is 215 Å². The van der Waals surface area contributed by atoms with Gasteiger partial charge in [0, 0.05) is 54.9 Å². The zero-order valence-electron chi connectivity index (χ0n) is 20.1. The molecule has 190 valence electrons. The summed E-state index contributed by atoms with van der Waals surface area (Å²) in [6.07, 6.45) is 0. The third-order valence-electron chi connectivity index (χ3n) is 6.21. The fourth-order valence-electron chi connectivity index (χ4n) is 4.60. The molecule has 0 aliphatic carbocycles. The first-order chi connectivity index (χ1) is 17.8. The predicted octanol–water partition coefficient (Wildman–Crippen LogP) is 1.22. The third-order valence-corrected chi connectivity index (χ3v) is 6.89. The number of hydrogen-bond acceptors (Lipinski definition) is 10. The SMILES string of the molecule is CO/N=C(\C(=O)N1CCN(c2ccc3c4c(cccc24)C(=O)N(NC(C)=O)C3=O)CC1)c1csc(N)n1. The Balaban J connectivity index is 1.40. The van der Waals surface area contributed by atoms with Crippen LogP contribution < -0.4 is 16.1 Å². The minimum atomic E-state index is -0.585. The molecule has 0 bridgehead atoms. The number of hydrazine groups is 1. The van der Waals surface area contributed by atoms with Gasteiger partial charge in [-0.15, -0.1) is 11.3 Å². The average Bonchev–Trinajstić information content (AvgIpc) is 3.33. The summed E-state index contributed by atoms with van der Waals surface area (Å²) in [7, 11) is 1.36. The first kappa shape index (κ1) is 24.2. The van der Waals surface area contributed by atoms with E-state index >= 15 is 0 Å². The van der Waals surface area contributed by atoms with Gasteiger partial charge in [-0.3, -0.25) is 24.6 Å². The number of nitrogen functional groups attached to an aromatic ring is 1. The van der Waals surface area contributed by atoms with E-state index in [4.69, 9.17) is 10.6 Å². The Morgan fingerprint density at radius 2 is 1.78 bits per heavy atom. The summed E-state index contributed by atoms with van der Waals surface area (Å²) in [5.74, 6) is -1.99. The number of benzene rings is 2. The van der Waals surface area contributed by atoms with Gasteiger partial charge in [0.05, 0.1) is 11.1 Å². The van der Waals surface area contributed by atoms with Crippen LogP contribution in [-0.2, 0) is 14.4 Å². The number of aromatic nitrogens is 1. The summed E-state index contributed by atoms with van der Waals surface area (Å²) >= 11 is 1.21. The summed E-state index contributed by atoms with van der Waals surface area (Å²) in [5.41, 5.74) is 9.99. The number of carbonyl (C=O) groups excluding carboxylic acids is 4. The maximum absolute atomic E-state index is 13.2. The number of hydrogen-bond donors (Lipinski definition) is 2. The Hall–Kier alpha value is -4.52. The third kappa shape index (κ3) is 4.22. The van der Waals surface area contributed by atoms with Crippen LogP contribution in [0.15, 0.2) is 40.9 Å². The minimum absolute atomic E-state index is 0.0891. The molecular weight excluding hydrogens is 498 g/mol. The molecule has 12 nitrogen and oxygen atoms in total. The van der Waals surface area contributed by atoms with Gasteiger partial charge in [-0.05, 0) is 18.2 Å². The van der Waals surface area contributed by atoms with E-state index in [1.165, 1.54) is 25.4 Å². The Bertz CT molecular complexity index is 1450. The second-order valence-corrected chi connectivity index (χ2v) is 9.34. The van der Waals surface area contributed by atoms with Crippen LogP contribution in [-0.4, -0.2) is 77.5 Å². The number of piperazine rings is 1. The van der Waals surface area contributed by atoms with Crippen molar-refractivity contribution in [2.24, 2.45) is 5.16 Å². The largest absolute Gasteiger partial charge is 0.398 e. The summed E-state index contributed by atoms with van der Waals surface area (Å²) in [6.45, 7) is 3.10. The van der Waals surface area contributed by atoms with Crippen molar-refractivity contribution in [3.63, 3.8) is 0 Å². The van der Waals surface area contributed by atoms with Crippen molar-refractivity contribution in [3.8, 4) is 0 Å². The van der Waals surface area contributed by atoms with Gasteiger partial charge in [-0.2, -0.15) is 5.01 Å². The molecule has 2 aromatic carbocycles. The highest BCUT2D eigenvalue weighted by Crippen LogP contribution is 2.36. The molecule has 37 heavy (non-hydrogen) atoms. The molecule has 0 saturated carbocycles. The Morgan fingerprint density at radius 3 is 2.41 bits per heavy atom. The maximum Gasteiger partial charge on any atom is 0.280 e. The van der Waals surface area contributed by atoms with Crippen molar-refractivity contribution >= 4 is 62.3 Å². The van der Waals surface area contributed by atoms with E-state index in [0.29, 0.717) is 53.5 Å². The number of anilines is 2. The summed E-state index contributed by atoms with van der Waals surface area (Å²) in [4.78, 5) is 63.5. The highest BCUT2D eigenvalue weighted by molar-refractivity contribution is 7.13.